The lowest BCUT2D eigenvalue weighted by Gasteiger charge is -2.56. The van der Waals surface area contributed by atoms with Crippen LogP contribution >= 0.6 is 0 Å². The average molecular weight is 617 g/mol. The zero-order valence-electron chi connectivity index (χ0n) is 27.1. The van der Waals surface area contributed by atoms with Crippen LogP contribution < -0.4 is 23.7 Å². The number of ether oxygens (including phenoxy) is 6. The fourth-order valence-corrected chi connectivity index (χ4v) is 7.67. The van der Waals surface area contributed by atoms with Gasteiger partial charge in [0.1, 0.15) is 11.8 Å². The first-order valence-corrected chi connectivity index (χ1v) is 15.0. The quantitative estimate of drug-likeness (QED) is 0.342. The molecule has 45 heavy (non-hydrogen) atoms. The van der Waals surface area contributed by atoms with Gasteiger partial charge in [-0.2, -0.15) is 0 Å². The number of amides is 1. The number of rotatable bonds is 9. The second-order valence-electron chi connectivity index (χ2n) is 11.7. The van der Waals surface area contributed by atoms with E-state index in [9.17, 15) is 4.79 Å². The Morgan fingerprint density at radius 1 is 0.778 bits per heavy atom. The molecule has 3 aliphatic heterocycles. The Labute approximate surface area is 263 Å². The number of carbonyl (C=O) groups is 2. The highest BCUT2D eigenvalue weighted by atomic mass is 16.5. The minimum absolute atomic E-state index is 0.119. The summed E-state index contributed by atoms with van der Waals surface area (Å²) in [4.78, 5) is 33.4. The van der Waals surface area contributed by atoms with Gasteiger partial charge in [-0.1, -0.05) is 36.4 Å². The number of hydrogen-bond donors (Lipinski definition) is 0. The Bertz CT molecular complexity index is 1660. The molecule has 6 rings (SSSR count). The molecule has 0 aliphatic carbocycles. The molecule has 0 unspecified atom stereocenters. The van der Waals surface area contributed by atoms with Crippen LogP contribution in [0.4, 0.5) is 0 Å². The maximum Gasteiger partial charge on any atom is 0.241 e. The molecule has 4 atom stereocenters. The van der Waals surface area contributed by atoms with Crippen molar-refractivity contribution in [3.05, 3.63) is 75.3 Å². The largest absolute Gasteiger partial charge is 0.496 e. The van der Waals surface area contributed by atoms with Gasteiger partial charge in [0.15, 0.2) is 28.8 Å². The van der Waals surface area contributed by atoms with Crippen molar-refractivity contribution in [1.82, 2.24) is 9.80 Å². The first-order chi connectivity index (χ1) is 21.7. The van der Waals surface area contributed by atoms with Gasteiger partial charge in [-0.3, -0.25) is 14.5 Å². The van der Waals surface area contributed by atoms with Gasteiger partial charge in [-0.15, -0.1) is 0 Å². The van der Waals surface area contributed by atoms with Crippen LogP contribution in [-0.2, 0) is 22.6 Å². The summed E-state index contributed by atoms with van der Waals surface area (Å²) in [5, 5.41) is 0. The molecule has 0 radical (unpaired) electrons. The first-order valence-electron chi connectivity index (χ1n) is 15.0. The van der Waals surface area contributed by atoms with Crippen LogP contribution in [0.15, 0.2) is 36.4 Å². The molecule has 0 aromatic heterocycles. The fraction of sp³-hybridized carbons (Fsp3) is 0.429. The van der Waals surface area contributed by atoms with Gasteiger partial charge >= 0.3 is 0 Å². The zero-order valence-corrected chi connectivity index (χ0v) is 27.1. The van der Waals surface area contributed by atoms with E-state index in [1.807, 2.05) is 62.2 Å². The molecule has 0 saturated carbocycles. The monoisotopic (exact) mass is 616 g/mol. The van der Waals surface area contributed by atoms with Gasteiger partial charge in [0.05, 0.1) is 72.5 Å². The standard InChI is InChI=1S/C35H40N2O8/c1-18-14-21-15-22-35(39)37-23(17-45-16-20-12-10-9-11-13-20)25-26(31(41-5)19(2)32(42-6)34(25)44-8)29(38)28(37)27(36(22)3)24(21)33(43-7)30(18)40-4/h9-14,22-23,27-28H,15-17H2,1-8H3/t22-,23+,27-,28+/m1/s1. The summed E-state index contributed by atoms with van der Waals surface area (Å²) < 4.78 is 35.8. The van der Waals surface area contributed by atoms with Crippen LogP contribution in [0.25, 0.3) is 0 Å². The van der Waals surface area contributed by atoms with Gasteiger partial charge < -0.3 is 33.3 Å². The third-order valence-corrected chi connectivity index (χ3v) is 9.54. The summed E-state index contributed by atoms with van der Waals surface area (Å²) in [5.41, 5.74) is 5.24. The van der Waals surface area contributed by atoms with E-state index in [0.717, 1.165) is 22.3 Å². The summed E-state index contributed by atoms with van der Waals surface area (Å²) in [6.45, 7) is 4.24. The molecule has 0 N–H and O–H groups in total. The number of ketones is 1. The van der Waals surface area contributed by atoms with E-state index in [0.29, 0.717) is 58.5 Å². The number of benzene rings is 3. The SMILES string of the molecule is COc1c(C)cc2c(c1OC)[C@@H]1[C@H]3C(=O)c4c(OC)c(C)c(OC)c(OC)c4[C@H](COCc4ccccc4)N3C(=O)[C@@H](C2)N1C. The summed E-state index contributed by atoms with van der Waals surface area (Å²) in [7, 11) is 9.75. The van der Waals surface area contributed by atoms with Crippen LogP contribution in [0.1, 0.15) is 55.8 Å². The molecule has 3 heterocycles. The number of Topliss-reactive ketones (excluding diaryl/α,β-unsaturated/α-hetero) is 1. The Hall–Kier alpha value is -4.28. The van der Waals surface area contributed by atoms with Crippen molar-refractivity contribution >= 4 is 11.7 Å². The molecular formula is C35H40N2O8. The molecule has 238 valence electrons. The van der Waals surface area contributed by atoms with Crippen LogP contribution in [-0.4, -0.2) is 82.8 Å². The van der Waals surface area contributed by atoms with Crippen molar-refractivity contribution in [3.63, 3.8) is 0 Å². The number of carbonyl (C=O) groups excluding carboxylic acids is 2. The number of fused-ring (bicyclic) bond motifs is 7. The lowest BCUT2D eigenvalue weighted by molar-refractivity contribution is -0.156. The molecule has 0 spiro atoms. The number of piperazine rings is 1. The minimum Gasteiger partial charge on any atom is -0.496 e. The topological polar surface area (TPSA) is 96.0 Å². The highest BCUT2D eigenvalue weighted by molar-refractivity contribution is 6.10. The van der Waals surface area contributed by atoms with Gasteiger partial charge in [0.25, 0.3) is 0 Å². The molecular weight excluding hydrogens is 576 g/mol. The second kappa shape index (κ2) is 11.9. The molecule has 2 bridgehead atoms. The van der Waals surface area contributed by atoms with Crippen molar-refractivity contribution in [2.75, 3.05) is 49.2 Å². The van der Waals surface area contributed by atoms with Crippen LogP contribution in [0.2, 0.25) is 0 Å². The summed E-state index contributed by atoms with van der Waals surface area (Å²) in [6, 6.07) is 9.30. The van der Waals surface area contributed by atoms with E-state index in [1.165, 1.54) is 7.11 Å². The Kier molecular flexibility index (Phi) is 8.13. The van der Waals surface area contributed by atoms with Gasteiger partial charge in [0.2, 0.25) is 5.91 Å². The van der Waals surface area contributed by atoms with Crippen LogP contribution in [0, 0.1) is 13.8 Å². The highest BCUT2D eigenvalue weighted by Crippen LogP contribution is 2.56. The number of methoxy groups -OCH3 is 5. The lowest BCUT2D eigenvalue weighted by Crippen LogP contribution is -2.68. The van der Waals surface area contributed by atoms with Gasteiger partial charge in [-0.05, 0) is 44.0 Å². The lowest BCUT2D eigenvalue weighted by atomic mass is 9.73. The van der Waals surface area contributed by atoms with Crippen molar-refractivity contribution in [1.29, 1.82) is 0 Å². The Morgan fingerprint density at radius 2 is 1.40 bits per heavy atom. The summed E-state index contributed by atoms with van der Waals surface area (Å²) in [6.07, 6.45) is 0.460. The van der Waals surface area contributed by atoms with E-state index < -0.39 is 24.2 Å². The molecule has 1 saturated heterocycles. The molecule has 3 aliphatic rings. The van der Waals surface area contributed by atoms with Gasteiger partial charge in [0, 0.05) is 16.7 Å². The van der Waals surface area contributed by atoms with Crippen LogP contribution in [0.5, 0.6) is 28.7 Å². The third-order valence-electron chi connectivity index (χ3n) is 9.54. The molecule has 10 nitrogen and oxygen atoms in total. The number of nitrogens with zero attached hydrogens (tertiary/aromatic N) is 2. The summed E-state index contributed by atoms with van der Waals surface area (Å²) in [5.74, 6) is 2.01. The van der Waals surface area contributed by atoms with E-state index in [1.54, 1.807) is 33.3 Å². The molecule has 1 amide bonds. The van der Waals surface area contributed by atoms with Crippen molar-refractivity contribution in [2.45, 2.75) is 51.0 Å². The van der Waals surface area contributed by atoms with Gasteiger partial charge in [-0.25, -0.2) is 0 Å². The van der Waals surface area contributed by atoms with E-state index in [-0.39, 0.29) is 18.3 Å². The van der Waals surface area contributed by atoms with E-state index >= 15 is 4.79 Å². The average Bonchev–Trinajstić information content (AvgIpc) is 3.04. The highest BCUT2D eigenvalue weighted by Gasteiger charge is 2.59. The smallest absolute Gasteiger partial charge is 0.241 e. The first kappa shape index (κ1) is 30.7. The molecule has 3 aromatic carbocycles. The molecule has 3 aromatic rings. The van der Waals surface area contributed by atoms with E-state index in [2.05, 4.69) is 0 Å². The predicted molar refractivity (Wildman–Crippen MR) is 167 cm³/mol. The van der Waals surface area contributed by atoms with Crippen molar-refractivity contribution in [3.8, 4) is 28.7 Å². The molecule has 10 heteroatoms. The third kappa shape index (κ3) is 4.53. The number of hydrogen-bond acceptors (Lipinski definition) is 9. The van der Waals surface area contributed by atoms with Crippen molar-refractivity contribution in [2.24, 2.45) is 0 Å². The second-order valence-corrected chi connectivity index (χ2v) is 11.7. The number of likely N-dealkylation sites (N-methyl/N-ethyl adjacent to an activating group) is 1. The number of aryl methyl sites for hydroxylation is 1. The predicted octanol–water partition coefficient (Wildman–Crippen LogP) is 4.61. The maximum absolute atomic E-state index is 15.0. The minimum atomic E-state index is -0.900. The zero-order chi connectivity index (χ0) is 32.2. The maximum atomic E-state index is 15.0. The van der Waals surface area contributed by atoms with E-state index in [4.69, 9.17) is 28.4 Å². The van der Waals surface area contributed by atoms with Crippen LogP contribution in [0.3, 0.4) is 0 Å². The Balaban J connectivity index is 1.60. The summed E-state index contributed by atoms with van der Waals surface area (Å²) >= 11 is 0. The molecule has 1 fully saturated rings. The fourth-order valence-electron chi connectivity index (χ4n) is 7.67. The normalized spacial score (nSPS) is 21.9. The van der Waals surface area contributed by atoms with Crippen molar-refractivity contribution < 1.29 is 38.0 Å². The Morgan fingerprint density at radius 3 is 2.02 bits per heavy atom.